The molecule has 3 N–H and O–H groups in total. The Morgan fingerprint density at radius 1 is 1.12 bits per heavy atom. The van der Waals surface area contributed by atoms with Crippen molar-refractivity contribution >= 4 is 11.8 Å². The van der Waals surface area contributed by atoms with Gasteiger partial charge in [-0.15, -0.1) is 0 Å². The van der Waals surface area contributed by atoms with Crippen molar-refractivity contribution in [2.75, 3.05) is 0 Å². The van der Waals surface area contributed by atoms with Crippen LogP contribution in [0.25, 0.3) is 0 Å². The summed E-state index contributed by atoms with van der Waals surface area (Å²) in [5.74, 6) is -0.640. The van der Waals surface area contributed by atoms with Gasteiger partial charge in [0.25, 0.3) is 0 Å². The van der Waals surface area contributed by atoms with E-state index in [4.69, 9.17) is 5.73 Å². The van der Waals surface area contributed by atoms with E-state index < -0.39 is 11.9 Å². The molecule has 0 aliphatic heterocycles. The van der Waals surface area contributed by atoms with Crippen LogP contribution in [0.3, 0.4) is 0 Å². The Bertz CT molecular complexity index is 217. The fraction of sp³-hybridized carbons (Fsp3) is 0.833. The number of carbonyl (C=O) groups excluding carboxylic acids is 2. The highest BCUT2D eigenvalue weighted by Gasteiger charge is 2.14. The monoisotopic (exact) mass is 228 g/mol. The molecule has 0 fully saturated rings. The van der Waals surface area contributed by atoms with Gasteiger partial charge in [-0.25, -0.2) is 0 Å². The quantitative estimate of drug-likeness (QED) is 0.590. The van der Waals surface area contributed by atoms with Gasteiger partial charge in [0.1, 0.15) is 6.04 Å². The molecule has 0 aromatic heterocycles. The van der Waals surface area contributed by atoms with E-state index in [1.165, 1.54) is 32.6 Å². The summed E-state index contributed by atoms with van der Waals surface area (Å²) in [6.07, 6.45) is 7.64. The minimum absolute atomic E-state index is 0.199. The lowest BCUT2D eigenvalue weighted by Gasteiger charge is -2.13. The maximum atomic E-state index is 11.0. The highest BCUT2D eigenvalue weighted by atomic mass is 16.2. The second kappa shape index (κ2) is 9.19. The largest absolute Gasteiger partial charge is 0.368 e. The lowest BCUT2D eigenvalue weighted by molar-refractivity contribution is -0.126. The lowest BCUT2D eigenvalue weighted by atomic mass is 10.1. The van der Waals surface area contributed by atoms with E-state index in [-0.39, 0.29) is 5.91 Å². The maximum absolute atomic E-state index is 11.0. The fourth-order valence-electron chi connectivity index (χ4n) is 1.66. The third-order valence-electron chi connectivity index (χ3n) is 2.57. The van der Waals surface area contributed by atoms with E-state index >= 15 is 0 Å². The Balaban J connectivity index is 3.60. The Kier molecular flexibility index (Phi) is 8.58. The average molecular weight is 228 g/mol. The van der Waals surface area contributed by atoms with Crippen LogP contribution in [0.1, 0.15) is 58.8 Å². The number of nitrogens with two attached hydrogens (primary N) is 1. The SMILES string of the molecule is CCCCCCCC[C@@H](NC(C)=O)C(N)=O. The second-order valence-corrected chi connectivity index (χ2v) is 4.21. The van der Waals surface area contributed by atoms with E-state index in [0.29, 0.717) is 6.42 Å². The minimum Gasteiger partial charge on any atom is -0.368 e. The van der Waals surface area contributed by atoms with Crippen molar-refractivity contribution < 1.29 is 9.59 Å². The molecule has 0 saturated heterocycles. The van der Waals surface area contributed by atoms with Crippen molar-refractivity contribution in [3.8, 4) is 0 Å². The molecule has 0 spiro atoms. The van der Waals surface area contributed by atoms with Crippen LogP contribution in [0, 0.1) is 0 Å². The Morgan fingerprint density at radius 3 is 2.19 bits per heavy atom. The summed E-state index contributed by atoms with van der Waals surface area (Å²) in [7, 11) is 0. The van der Waals surface area contributed by atoms with Gasteiger partial charge in [0.15, 0.2) is 0 Å². The van der Waals surface area contributed by atoms with Gasteiger partial charge in [0.05, 0.1) is 0 Å². The summed E-state index contributed by atoms with van der Waals surface area (Å²) in [4.78, 5) is 21.8. The van der Waals surface area contributed by atoms with Gasteiger partial charge in [-0.3, -0.25) is 9.59 Å². The van der Waals surface area contributed by atoms with Crippen molar-refractivity contribution in [1.29, 1.82) is 0 Å². The van der Waals surface area contributed by atoms with E-state index in [2.05, 4.69) is 12.2 Å². The molecule has 0 heterocycles. The molecule has 0 aliphatic carbocycles. The van der Waals surface area contributed by atoms with Gasteiger partial charge in [-0.05, 0) is 6.42 Å². The number of hydrogen-bond donors (Lipinski definition) is 2. The lowest BCUT2D eigenvalue weighted by Crippen LogP contribution is -2.43. The molecule has 1 atom stereocenters. The summed E-state index contributed by atoms with van der Waals surface area (Å²) >= 11 is 0. The zero-order valence-electron chi connectivity index (χ0n) is 10.4. The van der Waals surface area contributed by atoms with Crippen LogP contribution >= 0.6 is 0 Å². The Labute approximate surface area is 98.0 Å². The first kappa shape index (κ1) is 14.9. The molecular weight excluding hydrogens is 204 g/mol. The summed E-state index contributed by atoms with van der Waals surface area (Å²) in [5, 5.41) is 2.57. The molecule has 94 valence electrons. The second-order valence-electron chi connectivity index (χ2n) is 4.21. The predicted molar refractivity (Wildman–Crippen MR) is 64.8 cm³/mol. The molecular formula is C12H24N2O2. The van der Waals surface area contributed by atoms with Gasteiger partial charge in [-0.2, -0.15) is 0 Å². The molecule has 0 unspecified atom stereocenters. The predicted octanol–water partition coefficient (Wildman–Crippen LogP) is 1.73. The summed E-state index contributed by atoms with van der Waals surface area (Å²) in [6.45, 7) is 3.58. The van der Waals surface area contributed by atoms with Crippen LogP contribution < -0.4 is 11.1 Å². The van der Waals surface area contributed by atoms with Gasteiger partial charge in [0, 0.05) is 6.92 Å². The number of nitrogens with one attached hydrogen (secondary N) is 1. The first-order valence-corrected chi connectivity index (χ1v) is 6.14. The molecule has 0 radical (unpaired) electrons. The van der Waals surface area contributed by atoms with E-state index in [1.54, 1.807) is 0 Å². The molecule has 0 aromatic carbocycles. The first-order chi connectivity index (χ1) is 7.57. The van der Waals surface area contributed by atoms with Gasteiger partial charge in [0.2, 0.25) is 11.8 Å². The molecule has 0 bridgehead atoms. The van der Waals surface area contributed by atoms with Crippen molar-refractivity contribution in [3.63, 3.8) is 0 Å². The van der Waals surface area contributed by atoms with Crippen LogP contribution in [-0.4, -0.2) is 17.9 Å². The number of primary amides is 1. The fourth-order valence-corrected chi connectivity index (χ4v) is 1.66. The van der Waals surface area contributed by atoms with Crippen molar-refractivity contribution in [3.05, 3.63) is 0 Å². The van der Waals surface area contributed by atoms with Crippen LogP contribution in [0.2, 0.25) is 0 Å². The summed E-state index contributed by atoms with van der Waals surface area (Å²) in [6, 6.07) is -0.497. The van der Waals surface area contributed by atoms with Crippen LogP contribution in [-0.2, 0) is 9.59 Å². The van der Waals surface area contributed by atoms with E-state index in [9.17, 15) is 9.59 Å². The number of hydrogen-bond acceptors (Lipinski definition) is 2. The number of rotatable bonds is 9. The standard InChI is InChI=1S/C12H24N2O2/c1-3-4-5-6-7-8-9-11(12(13)16)14-10(2)15/h11H,3-9H2,1-2H3,(H2,13,16)(H,14,15)/t11-/m1/s1. The van der Waals surface area contributed by atoms with Crippen molar-refractivity contribution in [2.45, 2.75) is 64.8 Å². The minimum atomic E-state index is -0.497. The number of amides is 2. The average Bonchev–Trinajstić information content (AvgIpc) is 2.20. The maximum Gasteiger partial charge on any atom is 0.239 e. The molecule has 2 amide bonds. The highest BCUT2D eigenvalue weighted by Crippen LogP contribution is 2.08. The van der Waals surface area contributed by atoms with Gasteiger partial charge in [-0.1, -0.05) is 45.4 Å². The molecule has 16 heavy (non-hydrogen) atoms. The van der Waals surface area contributed by atoms with Crippen LogP contribution in [0.5, 0.6) is 0 Å². The topological polar surface area (TPSA) is 72.2 Å². The smallest absolute Gasteiger partial charge is 0.239 e. The zero-order chi connectivity index (χ0) is 12.4. The third-order valence-corrected chi connectivity index (χ3v) is 2.57. The highest BCUT2D eigenvalue weighted by molar-refractivity contribution is 5.85. The third kappa shape index (κ3) is 8.26. The van der Waals surface area contributed by atoms with E-state index in [1.807, 2.05) is 0 Å². The molecule has 4 heteroatoms. The molecule has 0 aliphatic rings. The Morgan fingerprint density at radius 2 is 1.69 bits per heavy atom. The van der Waals surface area contributed by atoms with Gasteiger partial charge >= 0.3 is 0 Å². The van der Waals surface area contributed by atoms with Crippen molar-refractivity contribution in [2.24, 2.45) is 5.73 Å². The normalized spacial score (nSPS) is 12.1. The first-order valence-electron chi connectivity index (χ1n) is 6.14. The van der Waals surface area contributed by atoms with Crippen molar-refractivity contribution in [1.82, 2.24) is 5.32 Å². The molecule has 0 rings (SSSR count). The zero-order valence-corrected chi connectivity index (χ0v) is 10.4. The number of unbranched alkanes of at least 4 members (excludes halogenated alkanes) is 5. The van der Waals surface area contributed by atoms with Gasteiger partial charge < -0.3 is 11.1 Å². The molecule has 0 aromatic rings. The Hall–Kier alpha value is -1.06. The van der Waals surface area contributed by atoms with Crippen LogP contribution in [0.15, 0.2) is 0 Å². The van der Waals surface area contributed by atoms with E-state index in [0.717, 1.165) is 12.8 Å². The molecule has 0 saturated carbocycles. The summed E-state index contributed by atoms with van der Waals surface area (Å²) < 4.78 is 0. The number of carbonyl (C=O) groups is 2. The summed E-state index contributed by atoms with van der Waals surface area (Å²) in [5.41, 5.74) is 5.19. The van der Waals surface area contributed by atoms with Crippen LogP contribution in [0.4, 0.5) is 0 Å². The molecule has 4 nitrogen and oxygen atoms in total.